The lowest BCUT2D eigenvalue weighted by atomic mass is 10.0. The number of aliphatic carboxylic acids is 1. The summed E-state index contributed by atoms with van der Waals surface area (Å²) in [5, 5.41) is 23.2. The van der Waals surface area contributed by atoms with E-state index in [-0.39, 0.29) is 18.2 Å². The monoisotopic (exact) mass is 347 g/mol. The first-order chi connectivity index (χ1) is 8.97. The number of halogens is 1. The molecule has 1 heterocycles. The summed E-state index contributed by atoms with van der Waals surface area (Å²) in [6.07, 6.45) is 0.0138. The molecular formula is C12H14BrNO4S. The zero-order chi connectivity index (χ0) is 14.0. The van der Waals surface area contributed by atoms with Crippen LogP contribution in [0.2, 0.25) is 0 Å². The fraction of sp³-hybridized carbons (Fsp3) is 0.500. The lowest BCUT2D eigenvalue weighted by Gasteiger charge is -2.14. The zero-order valence-electron chi connectivity index (χ0n) is 10.0. The SMILES string of the molecule is O=C(NC[C@H]1C[C@H](C(=O)O)C[C@H]1O)c1csc(Br)c1. The maximum absolute atomic E-state index is 11.8. The summed E-state index contributed by atoms with van der Waals surface area (Å²) in [5.74, 6) is -1.78. The average Bonchev–Trinajstić information content (AvgIpc) is 2.93. The quantitative estimate of drug-likeness (QED) is 0.773. The molecule has 1 amide bonds. The van der Waals surface area contributed by atoms with Gasteiger partial charge in [0.05, 0.1) is 21.4 Å². The predicted octanol–water partition coefficient (Wildman–Crippen LogP) is 1.71. The van der Waals surface area contributed by atoms with E-state index in [2.05, 4.69) is 21.2 Å². The first-order valence-corrected chi connectivity index (χ1v) is 7.57. The molecule has 5 nitrogen and oxygen atoms in total. The lowest BCUT2D eigenvalue weighted by molar-refractivity contribution is -0.141. The summed E-state index contributed by atoms with van der Waals surface area (Å²) in [4.78, 5) is 22.7. The smallest absolute Gasteiger partial charge is 0.306 e. The predicted molar refractivity (Wildman–Crippen MR) is 74.2 cm³/mol. The number of carbonyl (C=O) groups is 2. The van der Waals surface area contributed by atoms with E-state index in [9.17, 15) is 14.7 Å². The average molecular weight is 348 g/mol. The summed E-state index contributed by atoms with van der Waals surface area (Å²) < 4.78 is 0.879. The van der Waals surface area contributed by atoms with Crippen molar-refractivity contribution >= 4 is 39.1 Å². The van der Waals surface area contributed by atoms with Crippen LogP contribution < -0.4 is 5.32 Å². The number of aliphatic hydroxyl groups is 1. The normalized spacial score (nSPS) is 26.3. The van der Waals surface area contributed by atoms with Gasteiger partial charge in [-0.1, -0.05) is 0 Å². The molecule has 1 aromatic heterocycles. The Morgan fingerprint density at radius 1 is 1.47 bits per heavy atom. The number of carbonyl (C=O) groups excluding carboxylic acids is 1. The first kappa shape index (κ1) is 14.5. The number of thiophene rings is 1. The number of hydrogen-bond acceptors (Lipinski definition) is 4. The molecule has 2 rings (SSSR count). The molecule has 0 aromatic carbocycles. The topological polar surface area (TPSA) is 86.6 Å². The highest BCUT2D eigenvalue weighted by Gasteiger charge is 2.36. The maximum Gasteiger partial charge on any atom is 0.306 e. The van der Waals surface area contributed by atoms with Gasteiger partial charge < -0.3 is 15.5 Å². The molecule has 3 N–H and O–H groups in total. The van der Waals surface area contributed by atoms with Crippen LogP contribution in [0.15, 0.2) is 15.2 Å². The van der Waals surface area contributed by atoms with Crippen LogP contribution in [-0.2, 0) is 4.79 Å². The van der Waals surface area contributed by atoms with Gasteiger partial charge in [-0.3, -0.25) is 9.59 Å². The van der Waals surface area contributed by atoms with E-state index >= 15 is 0 Å². The van der Waals surface area contributed by atoms with Crippen LogP contribution >= 0.6 is 27.3 Å². The molecule has 1 aliphatic carbocycles. The second-order valence-electron chi connectivity index (χ2n) is 4.68. The number of carboxylic acid groups (broad SMARTS) is 1. The van der Waals surface area contributed by atoms with E-state index in [1.165, 1.54) is 11.3 Å². The van der Waals surface area contributed by atoms with Gasteiger partial charge in [-0.15, -0.1) is 11.3 Å². The van der Waals surface area contributed by atoms with Gasteiger partial charge in [0, 0.05) is 17.8 Å². The van der Waals surface area contributed by atoms with Crippen LogP contribution in [0.25, 0.3) is 0 Å². The van der Waals surface area contributed by atoms with Gasteiger partial charge in [0.1, 0.15) is 0 Å². The highest BCUT2D eigenvalue weighted by molar-refractivity contribution is 9.11. The van der Waals surface area contributed by atoms with Gasteiger partial charge in [0.15, 0.2) is 0 Å². The third-order valence-corrected chi connectivity index (χ3v) is 4.87. The van der Waals surface area contributed by atoms with E-state index in [4.69, 9.17) is 5.11 Å². The van der Waals surface area contributed by atoms with Crippen LogP contribution in [0.5, 0.6) is 0 Å². The van der Waals surface area contributed by atoms with Crippen LogP contribution in [-0.4, -0.2) is 34.7 Å². The fourth-order valence-electron chi connectivity index (χ4n) is 2.28. The summed E-state index contributed by atoms with van der Waals surface area (Å²) in [6, 6.07) is 1.73. The minimum atomic E-state index is -0.880. The molecule has 1 aromatic rings. The molecule has 0 saturated heterocycles. The Labute approximate surface area is 122 Å². The van der Waals surface area contributed by atoms with Gasteiger partial charge in [0.25, 0.3) is 5.91 Å². The van der Waals surface area contributed by atoms with E-state index in [1.54, 1.807) is 11.4 Å². The molecule has 0 aliphatic heterocycles. The number of aliphatic hydroxyl groups excluding tert-OH is 1. The molecule has 104 valence electrons. The summed E-state index contributed by atoms with van der Waals surface area (Å²) >= 11 is 4.71. The van der Waals surface area contributed by atoms with Gasteiger partial charge >= 0.3 is 5.97 Å². The summed E-state index contributed by atoms with van der Waals surface area (Å²) in [7, 11) is 0. The number of rotatable bonds is 4. The number of amides is 1. The molecular weight excluding hydrogens is 334 g/mol. The van der Waals surface area contributed by atoms with Crippen LogP contribution in [0.1, 0.15) is 23.2 Å². The molecule has 1 fully saturated rings. The lowest BCUT2D eigenvalue weighted by Crippen LogP contribution is -2.32. The van der Waals surface area contributed by atoms with Crippen LogP contribution in [0.4, 0.5) is 0 Å². The molecule has 3 atom stereocenters. The van der Waals surface area contributed by atoms with Crippen molar-refractivity contribution in [3.8, 4) is 0 Å². The molecule has 19 heavy (non-hydrogen) atoms. The number of carboxylic acids is 1. The van der Waals surface area contributed by atoms with Crippen molar-refractivity contribution < 1.29 is 19.8 Å². The molecule has 0 unspecified atom stereocenters. The largest absolute Gasteiger partial charge is 0.481 e. The van der Waals surface area contributed by atoms with Crippen molar-refractivity contribution in [1.29, 1.82) is 0 Å². The van der Waals surface area contributed by atoms with Crippen molar-refractivity contribution in [3.05, 3.63) is 20.8 Å². The number of nitrogens with one attached hydrogen (secondary N) is 1. The van der Waals surface area contributed by atoms with E-state index < -0.39 is 18.0 Å². The summed E-state index contributed by atoms with van der Waals surface area (Å²) in [6.45, 7) is 0.303. The third kappa shape index (κ3) is 3.55. The van der Waals surface area contributed by atoms with Gasteiger partial charge in [-0.25, -0.2) is 0 Å². The van der Waals surface area contributed by atoms with Crippen LogP contribution in [0, 0.1) is 11.8 Å². The first-order valence-electron chi connectivity index (χ1n) is 5.90. The molecule has 1 aliphatic rings. The third-order valence-electron chi connectivity index (χ3n) is 3.36. The second-order valence-corrected chi connectivity index (χ2v) is 6.97. The molecule has 1 saturated carbocycles. The van der Waals surface area contributed by atoms with Gasteiger partial charge in [-0.2, -0.15) is 0 Å². The molecule has 0 radical (unpaired) electrons. The molecule has 7 heteroatoms. The highest BCUT2D eigenvalue weighted by atomic mass is 79.9. The Hall–Kier alpha value is -0.920. The zero-order valence-corrected chi connectivity index (χ0v) is 12.4. The van der Waals surface area contributed by atoms with Crippen molar-refractivity contribution in [1.82, 2.24) is 5.32 Å². The van der Waals surface area contributed by atoms with E-state index in [0.717, 1.165) is 3.79 Å². The Morgan fingerprint density at radius 2 is 2.21 bits per heavy atom. The van der Waals surface area contributed by atoms with Gasteiger partial charge in [0.2, 0.25) is 0 Å². The van der Waals surface area contributed by atoms with Crippen molar-refractivity contribution in [2.24, 2.45) is 11.8 Å². The Bertz CT molecular complexity index is 490. The Morgan fingerprint density at radius 3 is 2.74 bits per heavy atom. The van der Waals surface area contributed by atoms with Crippen molar-refractivity contribution in [2.75, 3.05) is 6.54 Å². The minimum Gasteiger partial charge on any atom is -0.481 e. The minimum absolute atomic E-state index is 0.188. The Balaban J connectivity index is 1.86. The highest BCUT2D eigenvalue weighted by Crippen LogP contribution is 2.31. The van der Waals surface area contributed by atoms with Gasteiger partial charge in [-0.05, 0) is 34.8 Å². The Kier molecular flexibility index (Phi) is 4.59. The van der Waals surface area contributed by atoms with Crippen molar-refractivity contribution in [2.45, 2.75) is 18.9 Å². The van der Waals surface area contributed by atoms with E-state index in [1.807, 2.05) is 0 Å². The van der Waals surface area contributed by atoms with Crippen molar-refractivity contribution in [3.63, 3.8) is 0 Å². The summed E-state index contributed by atoms with van der Waals surface area (Å²) in [5.41, 5.74) is 0.569. The maximum atomic E-state index is 11.8. The van der Waals surface area contributed by atoms with Crippen LogP contribution in [0.3, 0.4) is 0 Å². The fourth-order valence-corrected chi connectivity index (χ4v) is 3.42. The standard InChI is InChI=1S/C12H14BrNO4S/c13-10-3-8(5-19-10)11(16)14-4-7-1-6(12(17)18)2-9(7)15/h3,5-7,9,15H,1-2,4H2,(H,14,16)(H,17,18)/t6-,7+,9+/m0/s1. The number of hydrogen-bond donors (Lipinski definition) is 3. The molecule has 0 bridgehead atoms. The van der Waals surface area contributed by atoms with E-state index in [0.29, 0.717) is 18.5 Å². The molecule has 0 spiro atoms. The second kappa shape index (κ2) is 6.02.